The van der Waals surface area contributed by atoms with Gasteiger partial charge in [-0.2, -0.15) is 5.26 Å². The number of imidazole rings is 2. The van der Waals surface area contributed by atoms with Crippen molar-refractivity contribution in [1.29, 1.82) is 10.7 Å². The topological polar surface area (TPSA) is 238 Å². The smallest absolute Gasteiger partial charge is 0.334 e. The Bertz CT molecular complexity index is 3070. The summed E-state index contributed by atoms with van der Waals surface area (Å²) in [5.74, 6) is 5.71. The Morgan fingerprint density at radius 1 is 0.677 bits per heavy atom. The number of para-hydroxylation sites is 2. The van der Waals surface area contributed by atoms with Crippen molar-refractivity contribution in [3.63, 3.8) is 0 Å². The Morgan fingerprint density at radius 3 is 1.52 bits per heavy atom. The first-order valence-electron chi connectivity index (χ1n) is 19.4. The quantitative estimate of drug-likeness (QED) is 0.0980. The monoisotopic (exact) mass is 835 g/mol. The van der Waals surface area contributed by atoms with E-state index in [0.29, 0.717) is 58.4 Å². The molecule has 4 heterocycles. The lowest BCUT2D eigenvalue weighted by Crippen LogP contribution is -2.21. The van der Waals surface area contributed by atoms with Crippen LogP contribution in [0.5, 0.6) is 11.5 Å². The summed E-state index contributed by atoms with van der Waals surface area (Å²) >= 11 is 0. The van der Waals surface area contributed by atoms with Crippen LogP contribution in [0.15, 0.2) is 107 Å². The molecule has 0 saturated carbocycles. The van der Waals surface area contributed by atoms with E-state index in [9.17, 15) is 20.0 Å². The SMILES string of the molecule is CCOc1ccc(-c2nc(C#N)c3c(n2)n(-c2ccccc2C)c(=O)n3C)cc1.CCOc1ccc(-c2nc(C(=N)CO)c3c(n2)n(-c2ccccc2C)c(=O)n3C)cc1.NO. The second-order valence-corrected chi connectivity index (χ2v) is 13.7. The molecule has 62 heavy (non-hydrogen) atoms. The summed E-state index contributed by atoms with van der Waals surface area (Å²) < 4.78 is 16.9. The van der Waals surface area contributed by atoms with Crippen LogP contribution in [0.4, 0.5) is 0 Å². The summed E-state index contributed by atoms with van der Waals surface area (Å²) in [6, 6.07) is 31.9. The molecule has 0 fully saturated rings. The highest BCUT2D eigenvalue weighted by molar-refractivity contribution is 6.06. The number of nitrogens with zero attached hydrogens (tertiary/aromatic N) is 9. The molecule has 4 aromatic heterocycles. The molecule has 0 unspecified atom stereocenters. The molecular weight excluding hydrogens is 791 g/mol. The molecule has 17 heteroatoms. The number of aromatic nitrogens is 8. The lowest BCUT2D eigenvalue weighted by atomic mass is 10.1. The van der Waals surface area contributed by atoms with E-state index in [0.717, 1.165) is 33.9 Å². The van der Waals surface area contributed by atoms with Crippen LogP contribution in [0.2, 0.25) is 0 Å². The molecule has 0 amide bonds. The minimum atomic E-state index is -0.501. The van der Waals surface area contributed by atoms with Crippen LogP contribution in [0.1, 0.15) is 36.4 Å². The van der Waals surface area contributed by atoms with Crippen LogP contribution in [0.3, 0.4) is 0 Å². The molecule has 8 aromatic rings. The number of hydrogen-bond donors (Lipinski definition) is 4. The number of aliphatic hydroxyl groups excluding tert-OH is 1. The molecule has 0 bridgehead atoms. The zero-order valence-electron chi connectivity index (χ0n) is 35.0. The standard InChI is InChI=1S/C23H23N5O3.C22H19N5O2.H3NO/c1-4-31-16-11-9-15(10-12-16)21-25-19(17(24)13-29)20-22(26-21)28(23(30)27(20)3)18-8-6-5-7-14(18)2;1-4-29-16-11-9-15(10-12-16)20-24-17(13-23)19-21(25-20)27(22(28)26(19)3)18-8-6-5-7-14(18)2;1-2/h5-12,24,29H,4,13H2,1-3H3;5-12H,4H2,1-3H3;2H,1H2. The van der Waals surface area contributed by atoms with Gasteiger partial charge in [0.1, 0.15) is 34.3 Å². The fourth-order valence-electron chi connectivity index (χ4n) is 6.91. The van der Waals surface area contributed by atoms with Gasteiger partial charge < -0.3 is 25.2 Å². The number of nitrogens with two attached hydrogens (primary N) is 1. The fourth-order valence-corrected chi connectivity index (χ4v) is 6.91. The van der Waals surface area contributed by atoms with Crippen molar-refractivity contribution >= 4 is 28.0 Å². The van der Waals surface area contributed by atoms with Gasteiger partial charge in [0.15, 0.2) is 28.6 Å². The molecule has 0 saturated heterocycles. The summed E-state index contributed by atoms with van der Waals surface area (Å²) in [7, 11) is 3.24. The van der Waals surface area contributed by atoms with Gasteiger partial charge >= 0.3 is 11.4 Å². The summed E-state index contributed by atoms with van der Waals surface area (Å²) in [5.41, 5.74) is 6.06. The highest BCUT2D eigenvalue weighted by Crippen LogP contribution is 2.27. The molecule has 0 aliphatic rings. The highest BCUT2D eigenvalue weighted by Gasteiger charge is 2.24. The molecule has 316 valence electrons. The Kier molecular flexibility index (Phi) is 13.5. The third-order valence-electron chi connectivity index (χ3n) is 9.89. The van der Waals surface area contributed by atoms with Gasteiger partial charge in [0, 0.05) is 25.2 Å². The molecule has 0 spiro atoms. The van der Waals surface area contributed by atoms with E-state index in [1.165, 1.54) is 18.3 Å². The minimum Gasteiger partial charge on any atom is -0.494 e. The average Bonchev–Trinajstić information content (AvgIpc) is 3.70. The van der Waals surface area contributed by atoms with Crippen molar-refractivity contribution in [3.05, 3.63) is 141 Å². The summed E-state index contributed by atoms with van der Waals surface area (Å²) in [4.78, 5) is 44.5. The van der Waals surface area contributed by atoms with Gasteiger partial charge in [0.05, 0.1) is 36.9 Å². The predicted octanol–water partition coefficient (Wildman–Crippen LogP) is 5.55. The van der Waals surface area contributed by atoms with Gasteiger partial charge in [0.25, 0.3) is 0 Å². The number of fused-ring (bicyclic) bond motifs is 2. The van der Waals surface area contributed by atoms with Crippen molar-refractivity contribution < 1.29 is 19.8 Å². The fraction of sp³-hybridized carbons (Fsp3) is 0.200. The molecule has 17 nitrogen and oxygen atoms in total. The van der Waals surface area contributed by atoms with Gasteiger partial charge in [0.2, 0.25) is 0 Å². The Labute approximate surface area is 355 Å². The molecule has 0 radical (unpaired) electrons. The van der Waals surface area contributed by atoms with Gasteiger partial charge in [-0.05, 0) is 99.5 Å². The van der Waals surface area contributed by atoms with E-state index < -0.39 is 6.61 Å². The summed E-state index contributed by atoms with van der Waals surface area (Å²) in [6.07, 6.45) is 0. The van der Waals surface area contributed by atoms with Crippen molar-refractivity contribution in [1.82, 2.24) is 38.2 Å². The number of hydrogen-bond acceptors (Lipinski definition) is 13. The van der Waals surface area contributed by atoms with E-state index in [-0.39, 0.29) is 28.5 Å². The zero-order valence-corrected chi connectivity index (χ0v) is 35.0. The molecule has 0 aliphatic carbocycles. The average molecular weight is 836 g/mol. The van der Waals surface area contributed by atoms with Crippen molar-refractivity contribution in [3.8, 4) is 51.7 Å². The lowest BCUT2D eigenvalue weighted by molar-refractivity contribution is 0.311. The Hall–Kier alpha value is -7.78. The minimum absolute atomic E-state index is 0.0860. The number of nitriles is 1. The van der Waals surface area contributed by atoms with Gasteiger partial charge in [-0.3, -0.25) is 9.13 Å². The molecule has 0 aliphatic heterocycles. The first-order chi connectivity index (χ1) is 30.0. The third kappa shape index (κ3) is 8.33. The van der Waals surface area contributed by atoms with Crippen molar-refractivity contribution in [2.24, 2.45) is 20.0 Å². The molecule has 0 atom stereocenters. The molecular formula is C45H45N11O6. The number of ether oxygens (including phenoxy) is 2. The maximum atomic E-state index is 13.2. The van der Waals surface area contributed by atoms with E-state index in [4.69, 9.17) is 25.1 Å². The largest absolute Gasteiger partial charge is 0.494 e. The molecule has 8 rings (SSSR count). The predicted molar refractivity (Wildman–Crippen MR) is 235 cm³/mol. The summed E-state index contributed by atoms with van der Waals surface area (Å²) in [6.45, 7) is 8.33. The van der Waals surface area contributed by atoms with Crippen LogP contribution in [0, 0.1) is 30.6 Å². The van der Waals surface area contributed by atoms with E-state index >= 15 is 0 Å². The number of aliphatic hydroxyl groups is 1. The van der Waals surface area contributed by atoms with Crippen LogP contribution < -0.4 is 26.8 Å². The van der Waals surface area contributed by atoms with E-state index in [1.54, 1.807) is 14.1 Å². The number of benzene rings is 4. The van der Waals surface area contributed by atoms with Crippen molar-refractivity contribution in [2.45, 2.75) is 27.7 Å². The number of nitrogens with one attached hydrogen (secondary N) is 1. The second kappa shape index (κ2) is 19.1. The van der Waals surface area contributed by atoms with Gasteiger partial charge in [-0.25, -0.2) is 44.6 Å². The normalized spacial score (nSPS) is 10.7. The maximum Gasteiger partial charge on any atom is 0.334 e. The third-order valence-corrected chi connectivity index (χ3v) is 9.89. The van der Waals surface area contributed by atoms with E-state index in [2.05, 4.69) is 26.9 Å². The molecule has 5 N–H and O–H groups in total. The summed E-state index contributed by atoms with van der Waals surface area (Å²) in [5, 5.41) is 34.1. The Balaban J connectivity index is 0.000000199. The van der Waals surface area contributed by atoms with Gasteiger partial charge in [-0.15, -0.1) is 0 Å². The zero-order chi connectivity index (χ0) is 44.7. The highest BCUT2D eigenvalue weighted by atomic mass is 16.5. The van der Waals surface area contributed by atoms with E-state index in [1.807, 2.05) is 125 Å². The lowest BCUT2D eigenvalue weighted by Gasteiger charge is -2.10. The first-order valence-corrected chi connectivity index (χ1v) is 19.4. The number of rotatable bonds is 10. The van der Waals surface area contributed by atoms with Crippen LogP contribution in [-0.2, 0) is 14.1 Å². The number of aryl methyl sites for hydroxylation is 4. The maximum absolute atomic E-state index is 13.2. The van der Waals surface area contributed by atoms with Gasteiger partial charge in [-0.1, -0.05) is 36.4 Å². The van der Waals surface area contributed by atoms with Crippen LogP contribution >= 0.6 is 0 Å². The molecule has 4 aromatic carbocycles. The van der Waals surface area contributed by atoms with Crippen LogP contribution in [0.25, 0.3) is 56.5 Å². The Morgan fingerprint density at radius 2 is 1.10 bits per heavy atom. The van der Waals surface area contributed by atoms with Crippen LogP contribution in [-0.4, -0.2) is 74.1 Å². The second-order valence-electron chi connectivity index (χ2n) is 13.7. The van der Waals surface area contributed by atoms with Crippen molar-refractivity contribution in [2.75, 3.05) is 19.8 Å². The first kappa shape index (κ1) is 43.8.